The van der Waals surface area contributed by atoms with Crippen LogP contribution in [-0.2, 0) is 6.61 Å². The summed E-state index contributed by atoms with van der Waals surface area (Å²) >= 11 is 0. The van der Waals surface area contributed by atoms with E-state index in [1.165, 1.54) is 25.3 Å². The smallest absolute Gasteiger partial charge is 0.219 e. The molecule has 1 heterocycles. The average molecular weight is 277 g/mol. The van der Waals surface area contributed by atoms with Crippen molar-refractivity contribution in [1.82, 2.24) is 4.98 Å². The third kappa shape index (κ3) is 3.24. The van der Waals surface area contributed by atoms with Crippen molar-refractivity contribution in [2.75, 3.05) is 7.11 Å². The monoisotopic (exact) mass is 277 g/mol. The summed E-state index contributed by atoms with van der Waals surface area (Å²) in [5, 5.41) is 9.64. The second kappa shape index (κ2) is 6.34. The highest BCUT2D eigenvalue weighted by Crippen LogP contribution is 2.27. The molecule has 0 amide bonds. The van der Waals surface area contributed by atoms with Crippen molar-refractivity contribution < 1.29 is 19.0 Å². The number of ether oxygens (including phenoxy) is 2. The van der Waals surface area contributed by atoms with Crippen molar-refractivity contribution in [1.29, 1.82) is 0 Å². The predicted octanol–water partition coefficient (Wildman–Crippen LogP) is 2.86. The highest BCUT2D eigenvalue weighted by Gasteiger charge is 2.12. The maximum atomic E-state index is 13.2. The fourth-order valence-electron chi connectivity index (χ4n) is 1.85. The number of methoxy groups -OCH3 is 1. The molecular weight excluding hydrogens is 261 g/mol. The van der Waals surface area contributed by atoms with Gasteiger partial charge in [0.2, 0.25) is 5.88 Å². The zero-order valence-electron chi connectivity index (χ0n) is 11.3. The number of aliphatic hydroxyl groups excluding tert-OH is 1. The van der Waals surface area contributed by atoms with Crippen LogP contribution in [0.1, 0.15) is 24.2 Å². The molecule has 0 aliphatic heterocycles. The molecule has 1 aromatic heterocycles. The van der Waals surface area contributed by atoms with Crippen molar-refractivity contribution >= 4 is 0 Å². The van der Waals surface area contributed by atoms with E-state index in [0.717, 1.165) is 5.56 Å². The Kier molecular flexibility index (Phi) is 4.53. The van der Waals surface area contributed by atoms with E-state index in [0.29, 0.717) is 17.2 Å². The van der Waals surface area contributed by atoms with Crippen LogP contribution < -0.4 is 9.47 Å². The molecule has 0 aliphatic carbocycles. The van der Waals surface area contributed by atoms with Gasteiger partial charge >= 0.3 is 0 Å². The van der Waals surface area contributed by atoms with Crippen molar-refractivity contribution in [3.05, 3.63) is 53.5 Å². The van der Waals surface area contributed by atoms with Crippen molar-refractivity contribution in [2.24, 2.45) is 0 Å². The largest absolute Gasteiger partial charge is 0.488 e. The molecule has 1 atom stereocenters. The van der Waals surface area contributed by atoms with Crippen molar-refractivity contribution in [3.63, 3.8) is 0 Å². The Morgan fingerprint density at radius 3 is 2.85 bits per heavy atom. The van der Waals surface area contributed by atoms with E-state index in [1.54, 1.807) is 19.2 Å². The van der Waals surface area contributed by atoms with Gasteiger partial charge in [-0.05, 0) is 37.3 Å². The molecule has 1 unspecified atom stereocenters. The first-order valence-electron chi connectivity index (χ1n) is 6.20. The normalized spacial score (nSPS) is 12.0. The molecule has 106 valence electrons. The quantitative estimate of drug-likeness (QED) is 0.913. The van der Waals surface area contributed by atoms with Gasteiger partial charge < -0.3 is 14.6 Å². The number of halogens is 1. The molecule has 20 heavy (non-hydrogen) atoms. The number of aromatic nitrogens is 1. The molecule has 0 saturated carbocycles. The summed E-state index contributed by atoms with van der Waals surface area (Å²) in [6.45, 7) is 1.79. The van der Waals surface area contributed by atoms with Gasteiger partial charge in [0, 0.05) is 11.8 Å². The van der Waals surface area contributed by atoms with Crippen LogP contribution in [0.5, 0.6) is 11.6 Å². The van der Waals surface area contributed by atoms with Crippen LogP contribution >= 0.6 is 0 Å². The lowest BCUT2D eigenvalue weighted by atomic mass is 10.1. The van der Waals surface area contributed by atoms with Crippen LogP contribution in [0, 0.1) is 5.82 Å². The summed E-state index contributed by atoms with van der Waals surface area (Å²) < 4.78 is 24.0. The summed E-state index contributed by atoms with van der Waals surface area (Å²) in [7, 11) is 1.53. The first-order valence-corrected chi connectivity index (χ1v) is 6.20. The maximum absolute atomic E-state index is 13.2. The number of hydrogen-bond donors (Lipinski definition) is 1. The van der Waals surface area contributed by atoms with E-state index in [1.807, 2.05) is 6.07 Å². The minimum atomic E-state index is -0.809. The second-order valence-corrected chi connectivity index (χ2v) is 4.32. The van der Waals surface area contributed by atoms with Crippen LogP contribution in [0.3, 0.4) is 0 Å². The molecule has 0 aliphatic rings. The van der Waals surface area contributed by atoms with Crippen LogP contribution in [0.25, 0.3) is 0 Å². The van der Waals surface area contributed by atoms with Crippen LogP contribution in [0.15, 0.2) is 36.5 Å². The van der Waals surface area contributed by atoms with E-state index >= 15 is 0 Å². The Labute approximate surface area is 116 Å². The van der Waals surface area contributed by atoms with Crippen LogP contribution in [-0.4, -0.2) is 17.2 Å². The molecular formula is C15H16FNO3. The van der Waals surface area contributed by atoms with Crippen molar-refractivity contribution in [3.8, 4) is 11.6 Å². The van der Waals surface area contributed by atoms with Crippen LogP contribution in [0.2, 0.25) is 0 Å². The lowest BCUT2D eigenvalue weighted by Crippen LogP contribution is -2.03. The Hall–Kier alpha value is -2.14. The van der Waals surface area contributed by atoms with Gasteiger partial charge in [-0.1, -0.05) is 0 Å². The van der Waals surface area contributed by atoms with Crippen LogP contribution in [0.4, 0.5) is 4.39 Å². The van der Waals surface area contributed by atoms with E-state index < -0.39 is 11.9 Å². The molecule has 0 bridgehead atoms. The predicted molar refractivity (Wildman–Crippen MR) is 72.2 cm³/mol. The number of pyridine rings is 1. The Bertz CT molecular complexity index is 587. The minimum absolute atomic E-state index is 0.225. The molecule has 4 nitrogen and oxygen atoms in total. The van der Waals surface area contributed by atoms with Gasteiger partial charge in [0.25, 0.3) is 0 Å². The van der Waals surface area contributed by atoms with E-state index in [4.69, 9.17) is 9.47 Å². The molecule has 0 spiro atoms. The molecule has 2 rings (SSSR count). The molecule has 1 N–H and O–H groups in total. The highest BCUT2D eigenvalue weighted by atomic mass is 19.1. The molecule has 1 aromatic carbocycles. The fraction of sp³-hybridized carbons (Fsp3) is 0.267. The number of aliphatic hydroxyl groups is 1. The maximum Gasteiger partial charge on any atom is 0.219 e. The Morgan fingerprint density at radius 1 is 1.35 bits per heavy atom. The Balaban J connectivity index is 2.19. The number of hydrogen-bond acceptors (Lipinski definition) is 4. The summed E-state index contributed by atoms with van der Waals surface area (Å²) in [6, 6.07) is 7.67. The number of benzene rings is 1. The van der Waals surface area contributed by atoms with Gasteiger partial charge in [-0.3, -0.25) is 0 Å². The van der Waals surface area contributed by atoms with Gasteiger partial charge in [-0.25, -0.2) is 9.37 Å². The zero-order valence-corrected chi connectivity index (χ0v) is 11.3. The van der Waals surface area contributed by atoms with Gasteiger partial charge in [0.05, 0.1) is 18.8 Å². The second-order valence-electron chi connectivity index (χ2n) is 4.32. The minimum Gasteiger partial charge on any atom is -0.488 e. The van der Waals surface area contributed by atoms with E-state index in [9.17, 15) is 9.50 Å². The number of nitrogens with zero attached hydrogens (tertiary/aromatic N) is 1. The topological polar surface area (TPSA) is 51.6 Å². The van der Waals surface area contributed by atoms with E-state index in [2.05, 4.69) is 4.98 Å². The fourth-order valence-corrected chi connectivity index (χ4v) is 1.85. The lowest BCUT2D eigenvalue weighted by Gasteiger charge is -2.14. The standard InChI is InChI=1S/C15H16FNO3/c1-10(18)13-8-12(16)5-6-14(13)20-9-11-4-3-7-17-15(11)19-2/h3-8,10,18H,9H2,1-2H3. The van der Waals surface area contributed by atoms with Gasteiger partial charge in [0.15, 0.2) is 0 Å². The molecule has 5 heteroatoms. The Morgan fingerprint density at radius 2 is 2.15 bits per heavy atom. The molecule has 0 fully saturated rings. The van der Waals surface area contributed by atoms with Gasteiger partial charge in [0.1, 0.15) is 18.2 Å². The van der Waals surface area contributed by atoms with Crippen molar-refractivity contribution in [2.45, 2.75) is 19.6 Å². The average Bonchev–Trinajstić information content (AvgIpc) is 2.46. The third-order valence-electron chi connectivity index (χ3n) is 2.85. The summed E-state index contributed by atoms with van der Waals surface area (Å²) in [5.41, 5.74) is 1.18. The van der Waals surface area contributed by atoms with E-state index in [-0.39, 0.29) is 6.61 Å². The van der Waals surface area contributed by atoms with Gasteiger partial charge in [-0.15, -0.1) is 0 Å². The third-order valence-corrected chi connectivity index (χ3v) is 2.85. The first kappa shape index (κ1) is 14.3. The van der Waals surface area contributed by atoms with Gasteiger partial charge in [-0.2, -0.15) is 0 Å². The lowest BCUT2D eigenvalue weighted by molar-refractivity contribution is 0.189. The SMILES string of the molecule is COc1ncccc1COc1ccc(F)cc1C(C)O. The number of rotatable bonds is 5. The molecule has 0 saturated heterocycles. The summed E-state index contributed by atoms with van der Waals surface area (Å²) in [5.74, 6) is 0.507. The molecule has 0 radical (unpaired) electrons. The highest BCUT2D eigenvalue weighted by molar-refractivity contribution is 5.36. The molecule has 2 aromatic rings. The zero-order chi connectivity index (χ0) is 14.5. The first-order chi connectivity index (χ1) is 9.61. The summed E-state index contributed by atoms with van der Waals surface area (Å²) in [6.07, 6.45) is 0.818. The summed E-state index contributed by atoms with van der Waals surface area (Å²) in [4.78, 5) is 4.07.